The number of para-hydroxylation sites is 1. The highest BCUT2D eigenvalue weighted by Crippen LogP contribution is 2.38. The summed E-state index contributed by atoms with van der Waals surface area (Å²) in [5, 5.41) is 3.42. The highest BCUT2D eigenvalue weighted by Gasteiger charge is 2.48. The van der Waals surface area contributed by atoms with E-state index in [1.807, 2.05) is 41.1 Å². The standard InChI is InChI=1S/C48H45ClF3N5O8S3/c49-36-17-15-34(16-18-36)42-14-8-7-9-35(42)33-55-27-29-56(30-28-55)38-19-21-43(45(31-38)65-39-10-3-1-4-11-39)47(58)54-67(61,62)41-20-22-44(46(32-41)66(59,60)48(50,51)52)53-37-23-25-57(26-24-37)68(63,64)40-12-5-2-6-13-40/h1-22,31-32,37,53H,23-30,33H2,(H,54,58). The van der Waals surface area contributed by atoms with Crippen LogP contribution >= 0.6 is 11.6 Å². The zero-order valence-electron chi connectivity index (χ0n) is 36.1. The number of carbonyl (C=O) groups is 1. The van der Waals surface area contributed by atoms with E-state index in [0.29, 0.717) is 55.2 Å². The van der Waals surface area contributed by atoms with Gasteiger partial charge >= 0.3 is 5.51 Å². The highest BCUT2D eigenvalue weighted by atomic mass is 35.5. The van der Waals surface area contributed by atoms with Crippen molar-refractivity contribution in [2.45, 2.75) is 45.6 Å². The molecular weight excluding hydrogens is 963 g/mol. The van der Waals surface area contributed by atoms with E-state index in [4.69, 9.17) is 16.3 Å². The van der Waals surface area contributed by atoms with E-state index < -0.39 is 62.8 Å². The summed E-state index contributed by atoms with van der Waals surface area (Å²) in [6, 6.07) is 38.1. The van der Waals surface area contributed by atoms with Crippen molar-refractivity contribution in [1.29, 1.82) is 0 Å². The van der Waals surface area contributed by atoms with Crippen LogP contribution in [0.3, 0.4) is 0 Å². The van der Waals surface area contributed by atoms with E-state index in [1.165, 1.54) is 22.5 Å². The molecule has 20 heteroatoms. The summed E-state index contributed by atoms with van der Waals surface area (Å²) in [4.78, 5) is 16.1. The van der Waals surface area contributed by atoms with Gasteiger partial charge in [0.05, 0.1) is 21.0 Å². The SMILES string of the molecule is O=C(NS(=O)(=O)c1ccc(NC2CCN(S(=O)(=O)c3ccccc3)CC2)c(S(=O)(=O)C(F)(F)F)c1)c1ccc(N2CCN(Cc3ccccc3-c3ccc(Cl)cc3)CC2)cc1Oc1ccccc1. The van der Waals surface area contributed by atoms with E-state index >= 15 is 0 Å². The minimum Gasteiger partial charge on any atom is -0.456 e. The molecule has 6 aromatic rings. The van der Waals surface area contributed by atoms with Gasteiger partial charge in [-0.1, -0.05) is 84.4 Å². The molecular formula is C48H45ClF3N5O8S3. The number of alkyl halides is 3. The molecule has 0 atom stereocenters. The number of anilines is 2. The van der Waals surface area contributed by atoms with Crippen LogP contribution in [0.4, 0.5) is 24.5 Å². The molecule has 68 heavy (non-hydrogen) atoms. The van der Waals surface area contributed by atoms with Gasteiger partial charge in [-0.25, -0.2) is 30.0 Å². The molecule has 6 aromatic carbocycles. The minimum absolute atomic E-state index is 0.0109. The fourth-order valence-corrected chi connectivity index (χ4v) is 11.8. The fourth-order valence-electron chi connectivity index (χ4n) is 8.14. The Bertz CT molecular complexity index is 3120. The number of sulfone groups is 1. The number of benzene rings is 6. The first-order chi connectivity index (χ1) is 32.4. The number of piperazine rings is 1. The van der Waals surface area contributed by atoms with E-state index in [-0.39, 0.29) is 42.1 Å². The molecule has 1 amide bonds. The number of hydrogen-bond acceptors (Lipinski definition) is 11. The second-order valence-electron chi connectivity index (χ2n) is 16.2. The molecule has 0 bridgehead atoms. The molecule has 0 aliphatic carbocycles. The third-order valence-corrected chi connectivity index (χ3v) is 16.8. The number of piperidine rings is 1. The lowest BCUT2D eigenvalue weighted by molar-refractivity contribution is -0.0436. The van der Waals surface area contributed by atoms with E-state index in [0.717, 1.165) is 28.8 Å². The first kappa shape index (κ1) is 48.5. The second-order valence-corrected chi connectivity index (χ2v) is 22.2. The maximum Gasteiger partial charge on any atom is 0.501 e. The molecule has 0 spiro atoms. The Balaban J connectivity index is 0.992. The molecule has 2 N–H and O–H groups in total. The maximum atomic E-state index is 14.1. The Morgan fingerprint density at radius 1 is 0.691 bits per heavy atom. The van der Waals surface area contributed by atoms with Gasteiger partial charge in [0.1, 0.15) is 16.4 Å². The van der Waals surface area contributed by atoms with Crippen LogP contribution < -0.4 is 19.7 Å². The van der Waals surface area contributed by atoms with Crippen molar-refractivity contribution < 1.29 is 48.0 Å². The minimum atomic E-state index is -6.16. The van der Waals surface area contributed by atoms with Gasteiger partial charge in [-0.15, -0.1) is 0 Å². The summed E-state index contributed by atoms with van der Waals surface area (Å²) in [5.41, 5.74) is -2.59. The Kier molecular flexibility index (Phi) is 14.2. The van der Waals surface area contributed by atoms with Gasteiger partial charge in [0.15, 0.2) is 0 Å². The summed E-state index contributed by atoms with van der Waals surface area (Å²) < 4.78 is 131. The average Bonchev–Trinajstić information content (AvgIpc) is 3.32. The van der Waals surface area contributed by atoms with E-state index in [1.54, 1.807) is 60.7 Å². The quantitative estimate of drug-likeness (QED) is 0.107. The lowest BCUT2D eigenvalue weighted by atomic mass is 9.99. The van der Waals surface area contributed by atoms with Crippen molar-refractivity contribution in [1.82, 2.24) is 13.9 Å². The second kappa shape index (κ2) is 19.9. The number of hydrogen-bond donors (Lipinski definition) is 2. The van der Waals surface area contributed by atoms with Crippen molar-refractivity contribution in [3.05, 3.63) is 162 Å². The van der Waals surface area contributed by atoms with Crippen molar-refractivity contribution in [2.24, 2.45) is 0 Å². The smallest absolute Gasteiger partial charge is 0.456 e. The summed E-state index contributed by atoms with van der Waals surface area (Å²) in [6.45, 7) is 3.27. The molecule has 13 nitrogen and oxygen atoms in total. The zero-order valence-corrected chi connectivity index (χ0v) is 39.3. The van der Waals surface area contributed by atoms with Crippen LogP contribution in [0.5, 0.6) is 11.5 Å². The molecule has 2 fully saturated rings. The number of halogens is 4. The van der Waals surface area contributed by atoms with Gasteiger partial charge in [-0.3, -0.25) is 9.69 Å². The van der Waals surface area contributed by atoms with Crippen LogP contribution in [0.15, 0.2) is 160 Å². The van der Waals surface area contributed by atoms with Crippen molar-refractivity contribution >= 4 is 58.8 Å². The number of ether oxygens (including phenoxy) is 1. The van der Waals surface area contributed by atoms with Gasteiger partial charge in [-0.2, -0.15) is 17.5 Å². The van der Waals surface area contributed by atoms with Crippen LogP contribution in [-0.4, -0.2) is 91.2 Å². The van der Waals surface area contributed by atoms with Crippen LogP contribution in [0.2, 0.25) is 5.02 Å². The number of carbonyl (C=O) groups excluding carboxylic acids is 1. The normalized spacial score (nSPS) is 15.7. The summed E-state index contributed by atoms with van der Waals surface area (Å²) in [7, 11) is -15.0. The molecule has 0 aromatic heterocycles. The molecule has 2 heterocycles. The molecule has 2 saturated heterocycles. The van der Waals surface area contributed by atoms with Crippen molar-refractivity contribution in [3.63, 3.8) is 0 Å². The number of sulfonamides is 2. The molecule has 0 saturated carbocycles. The number of amides is 1. The van der Waals surface area contributed by atoms with Gasteiger partial charge in [0, 0.05) is 68.6 Å². The first-order valence-corrected chi connectivity index (χ1v) is 26.2. The van der Waals surface area contributed by atoms with Crippen LogP contribution in [-0.2, 0) is 36.4 Å². The zero-order chi connectivity index (χ0) is 48.3. The Morgan fingerprint density at radius 3 is 1.99 bits per heavy atom. The van der Waals surface area contributed by atoms with Gasteiger partial charge in [-0.05, 0) is 96.3 Å². The largest absolute Gasteiger partial charge is 0.501 e. The number of nitrogens with one attached hydrogen (secondary N) is 2. The van der Waals surface area contributed by atoms with Crippen LogP contribution in [0, 0.1) is 0 Å². The number of nitrogens with zero attached hydrogens (tertiary/aromatic N) is 3. The van der Waals surface area contributed by atoms with E-state index in [9.17, 15) is 43.2 Å². The monoisotopic (exact) mass is 1010 g/mol. The summed E-state index contributed by atoms with van der Waals surface area (Å²) in [5.74, 6) is -0.867. The first-order valence-electron chi connectivity index (χ1n) is 21.4. The molecule has 8 rings (SSSR count). The third-order valence-electron chi connectivity index (χ3n) is 11.8. The summed E-state index contributed by atoms with van der Waals surface area (Å²) >= 11 is 6.14. The van der Waals surface area contributed by atoms with Crippen molar-refractivity contribution in [2.75, 3.05) is 49.5 Å². The molecule has 0 unspecified atom stereocenters. The highest BCUT2D eigenvalue weighted by molar-refractivity contribution is 7.92. The lowest BCUT2D eigenvalue weighted by Crippen LogP contribution is -2.46. The molecule has 356 valence electrons. The van der Waals surface area contributed by atoms with Crippen LogP contribution in [0.1, 0.15) is 28.8 Å². The maximum absolute atomic E-state index is 14.1. The average molecular weight is 1010 g/mol. The van der Waals surface area contributed by atoms with Gasteiger partial charge < -0.3 is 15.0 Å². The molecule has 0 radical (unpaired) electrons. The Morgan fingerprint density at radius 2 is 1.32 bits per heavy atom. The predicted molar refractivity (Wildman–Crippen MR) is 254 cm³/mol. The number of rotatable bonds is 14. The Labute approximate surface area is 398 Å². The Hall–Kier alpha value is -5.96. The van der Waals surface area contributed by atoms with E-state index in [2.05, 4.69) is 27.2 Å². The molecule has 2 aliphatic rings. The summed E-state index contributed by atoms with van der Waals surface area (Å²) in [6.07, 6.45) is 0.188. The van der Waals surface area contributed by atoms with Crippen LogP contribution in [0.25, 0.3) is 11.1 Å². The third kappa shape index (κ3) is 10.8. The van der Waals surface area contributed by atoms with Crippen molar-refractivity contribution in [3.8, 4) is 22.6 Å². The fraction of sp³-hybridized carbons (Fsp3) is 0.229. The van der Waals surface area contributed by atoms with Gasteiger partial charge in [0.2, 0.25) is 10.0 Å². The molecule has 2 aliphatic heterocycles. The topological polar surface area (TPSA) is 162 Å². The lowest BCUT2D eigenvalue weighted by Gasteiger charge is -2.36. The van der Waals surface area contributed by atoms with Gasteiger partial charge in [0.25, 0.3) is 25.8 Å². The predicted octanol–water partition coefficient (Wildman–Crippen LogP) is 8.80.